The van der Waals surface area contributed by atoms with Crippen LogP contribution in [0.5, 0.6) is 0 Å². The fourth-order valence-electron chi connectivity index (χ4n) is 2.56. The third-order valence-electron chi connectivity index (χ3n) is 3.60. The summed E-state index contributed by atoms with van der Waals surface area (Å²) in [5, 5.41) is 3.47. The monoisotopic (exact) mass is 332 g/mol. The number of hydrogen-bond acceptors (Lipinski definition) is 4. The molecule has 0 amide bonds. The van der Waals surface area contributed by atoms with Crippen LogP contribution in [0.3, 0.4) is 0 Å². The zero-order valence-electron chi connectivity index (χ0n) is 11.2. The van der Waals surface area contributed by atoms with Gasteiger partial charge in [0.15, 0.2) is 0 Å². The Bertz CT molecular complexity index is 544. The Morgan fingerprint density at radius 3 is 2.85 bits per heavy atom. The Morgan fingerprint density at radius 2 is 2.10 bits per heavy atom. The van der Waals surface area contributed by atoms with E-state index in [2.05, 4.69) is 54.3 Å². The summed E-state index contributed by atoms with van der Waals surface area (Å²) in [6, 6.07) is 8.71. The topological polar surface area (TPSA) is 41.0 Å². The summed E-state index contributed by atoms with van der Waals surface area (Å²) in [5.41, 5.74) is 2.42. The fraction of sp³-hybridized carbons (Fsp3) is 0.333. The Hall–Kier alpha value is -1.30. The predicted octanol–water partition coefficient (Wildman–Crippen LogP) is 2.39. The van der Waals surface area contributed by atoms with Crippen molar-refractivity contribution in [2.24, 2.45) is 0 Å². The molecule has 5 heteroatoms. The minimum Gasteiger partial charge on any atom is -0.314 e. The van der Waals surface area contributed by atoms with E-state index < -0.39 is 0 Å². The lowest BCUT2D eigenvalue weighted by Gasteiger charge is -2.36. The van der Waals surface area contributed by atoms with Gasteiger partial charge in [0.25, 0.3) is 0 Å². The van der Waals surface area contributed by atoms with E-state index in [0.717, 1.165) is 36.3 Å². The van der Waals surface area contributed by atoms with Crippen LogP contribution in [0.25, 0.3) is 0 Å². The second-order valence-electron chi connectivity index (χ2n) is 4.94. The second kappa shape index (κ2) is 6.43. The minimum atomic E-state index is 0.386. The van der Waals surface area contributed by atoms with Gasteiger partial charge in [0.05, 0.1) is 5.69 Å². The van der Waals surface area contributed by atoms with Crippen LogP contribution in [0.4, 0.5) is 0 Å². The molecule has 20 heavy (non-hydrogen) atoms. The van der Waals surface area contributed by atoms with Gasteiger partial charge < -0.3 is 5.32 Å². The summed E-state index contributed by atoms with van der Waals surface area (Å²) in [7, 11) is 0. The molecule has 1 N–H and O–H groups in total. The first-order valence-corrected chi connectivity index (χ1v) is 7.57. The van der Waals surface area contributed by atoms with E-state index in [1.807, 2.05) is 24.7 Å². The Morgan fingerprint density at radius 1 is 1.25 bits per heavy atom. The Balaban J connectivity index is 1.77. The van der Waals surface area contributed by atoms with Gasteiger partial charge in [0, 0.05) is 55.3 Å². The van der Waals surface area contributed by atoms with Crippen LogP contribution in [0, 0.1) is 0 Å². The van der Waals surface area contributed by atoms with Crippen LogP contribution in [-0.4, -0.2) is 34.5 Å². The fourth-order valence-corrected chi connectivity index (χ4v) is 2.79. The number of rotatable bonds is 3. The van der Waals surface area contributed by atoms with Crippen molar-refractivity contribution in [2.75, 3.05) is 19.6 Å². The lowest BCUT2D eigenvalue weighted by Crippen LogP contribution is -2.45. The van der Waals surface area contributed by atoms with Gasteiger partial charge in [-0.05, 0) is 45.8 Å². The molecule has 1 atom stereocenters. The summed E-state index contributed by atoms with van der Waals surface area (Å²) >= 11 is 3.43. The molecule has 1 saturated heterocycles. The molecule has 1 aliphatic rings. The maximum atomic E-state index is 4.48. The highest BCUT2D eigenvalue weighted by atomic mass is 79.9. The summed E-state index contributed by atoms with van der Waals surface area (Å²) in [6.45, 7) is 3.91. The van der Waals surface area contributed by atoms with Crippen molar-refractivity contribution in [3.05, 3.63) is 58.6 Å². The van der Waals surface area contributed by atoms with Gasteiger partial charge in [0.2, 0.25) is 0 Å². The molecule has 3 rings (SSSR count). The molecular weight excluding hydrogens is 316 g/mol. The second-order valence-corrected chi connectivity index (χ2v) is 5.85. The van der Waals surface area contributed by atoms with Gasteiger partial charge in [-0.2, -0.15) is 0 Å². The van der Waals surface area contributed by atoms with Crippen LogP contribution in [0.2, 0.25) is 0 Å². The SMILES string of the molecule is Brc1ccc(CN2CCNCC2c2ccncc2)nc1. The van der Waals surface area contributed by atoms with E-state index in [1.54, 1.807) is 0 Å². The van der Waals surface area contributed by atoms with Crippen LogP contribution in [-0.2, 0) is 6.54 Å². The third kappa shape index (κ3) is 3.23. The number of hydrogen-bond donors (Lipinski definition) is 1. The first kappa shape index (κ1) is 13.7. The third-order valence-corrected chi connectivity index (χ3v) is 4.07. The van der Waals surface area contributed by atoms with Gasteiger partial charge in [-0.1, -0.05) is 0 Å². The predicted molar refractivity (Wildman–Crippen MR) is 82.2 cm³/mol. The molecule has 0 radical (unpaired) electrons. The number of nitrogens with one attached hydrogen (secondary N) is 1. The molecule has 0 bridgehead atoms. The van der Waals surface area contributed by atoms with E-state index in [1.165, 1.54) is 5.56 Å². The normalized spacial score (nSPS) is 19.9. The van der Waals surface area contributed by atoms with Crippen molar-refractivity contribution in [3.63, 3.8) is 0 Å². The zero-order chi connectivity index (χ0) is 13.8. The average molecular weight is 333 g/mol. The summed E-state index contributed by atoms with van der Waals surface area (Å²) < 4.78 is 1.02. The number of aromatic nitrogens is 2. The van der Waals surface area contributed by atoms with Crippen molar-refractivity contribution in [1.29, 1.82) is 0 Å². The van der Waals surface area contributed by atoms with Crippen LogP contribution in [0.15, 0.2) is 47.3 Å². The molecule has 0 spiro atoms. The van der Waals surface area contributed by atoms with Gasteiger partial charge >= 0.3 is 0 Å². The Labute approximate surface area is 127 Å². The number of pyridine rings is 2. The van der Waals surface area contributed by atoms with Gasteiger partial charge in [-0.25, -0.2) is 0 Å². The largest absolute Gasteiger partial charge is 0.314 e. The molecule has 4 nitrogen and oxygen atoms in total. The average Bonchev–Trinajstić information content (AvgIpc) is 2.51. The van der Waals surface area contributed by atoms with Crippen LogP contribution < -0.4 is 5.32 Å². The van der Waals surface area contributed by atoms with Crippen LogP contribution >= 0.6 is 15.9 Å². The first-order valence-electron chi connectivity index (χ1n) is 6.78. The molecule has 0 saturated carbocycles. The van der Waals surface area contributed by atoms with E-state index in [-0.39, 0.29) is 0 Å². The van der Waals surface area contributed by atoms with Crippen molar-refractivity contribution < 1.29 is 0 Å². The molecule has 2 aromatic heterocycles. The van der Waals surface area contributed by atoms with Crippen LogP contribution in [0.1, 0.15) is 17.3 Å². The highest BCUT2D eigenvalue weighted by Crippen LogP contribution is 2.23. The minimum absolute atomic E-state index is 0.386. The summed E-state index contributed by atoms with van der Waals surface area (Å²) in [5.74, 6) is 0. The first-order chi connectivity index (χ1) is 9.83. The van der Waals surface area contributed by atoms with Gasteiger partial charge in [0.1, 0.15) is 0 Å². The highest BCUT2D eigenvalue weighted by molar-refractivity contribution is 9.10. The molecule has 0 aliphatic carbocycles. The van der Waals surface area contributed by atoms with E-state index in [9.17, 15) is 0 Å². The zero-order valence-corrected chi connectivity index (χ0v) is 12.8. The standard InChI is InChI=1S/C15H17BrN4/c16-13-1-2-14(19-9-13)11-20-8-7-18-10-15(20)12-3-5-17-6-4-12/h1-6,9,15,18H,7-8,10-11H2. The number of nitrogens with zero attached hydrogens (tertiary/aromatic N) is 3. The molecule has 2 aromatic rings. The molecule has 1 aliphatic heterocycles. The summed E-state index contributed by atoms with van der Waals surface area (Å²) in [6.07, 6.45) is 5.58. The van der Waals surface area contributed by atoms with Crippen molar-refractivity contribution in [3.8, 4) is 0 Å². The molecular formula is C15H17BrN4. The van der Waals surface area contributed by atoms with Gasteiger partial charge in [-0.15, -0.1) is 0 Å². The van der Waals surface area contributed by atoms with E-state index in [0.29, 0.717) is 6.04 Å². The van der Waals surface area contributed by atoms with Crippen molar-refractivity contribution in [2.45, 2.75) is 12.6 Å². The molecule has 1 fully saturated rings. The lowest BCUT2D eigenvalue weighted by molar-refractivity contribution is 0.152. The quantitative estimate of drug-likeness (QED) is 0.936. The number of halogens is 1. The molecule has 1 unspecified atom stereocenters. The Kier molecular flexibility index (Phi) is 4.40. The molecule has 0 aromatic carbocycles. The molecule has 3 heterocycles. The lowest BCUT2D eigenvalue weighted by atomic mass is 10.0. The van der Waals surface area contributed by atoms with Gasteiger partial charge in [-0.3, -0.25) is 14.9 Å². The smallest absolute Gasteiger partial charge is 0.0545 e. The van der Waals surface area contributed by atoms with E-state index >= 15 is 0 Å². The van der Waals surface area contributed by atoms with Crippen molar-refractivity contribution in [1.82, 2.24) is 20.2 Å². The van der Waals surface area contributed by atoms with Crippen molar-refractivity contribution >= 4 is 15.9 Å². The number of piperazine rings is 1. The summed E-state index contributed by atoms with van der Waals surface area (Å²) in [4.78, 5) is 11.1. The maximum absolute atomic E-state index is 4.48. The maximum Gasteiger partial charge on any atom is 0.0545 e. The molecule has 104 valence electrons. The highest BCUT2D eigenvalue weighted by Gasteiger charge is 2.23. The van der Waals surface area contributed by atoms with E-state index in [4.69, 9.17) is 0 Å².